The van der Waals surface area contributed by atoms with Crippen LogP contribution in [-0.2, 0) is 17.6 Å². The summed E-state index contributed by atoms with van der Waals surface area (Å²) in [6.07, 6.45) is 1.73. The van der Waals surface area contributed by atoms with Crippen LogP contribution in [0.25, 0.3) is 0 Å². The summed E-state index contributed by atoms with van der Waals surface area (Å²) in [5.74, 6) is 1.96. The van der Waals surface area contributed by atoms with Gasteiger partial charge in [-0.2, -0.15) is 0 Å². The molecule has 0 radical (unpaired) electrons. The van der Waals surface area contributed by atoms with E-state index in [0.717, 1.165) is 12.0 Å². The summed E-state index contributed by atoms with van der Waals surface area (Å²) in [6, 6.07) is 11.2. The molecule has 0 fully saturated rings. The van der Waals surface area contributed by atoms with Crippen molar-refractivity contribution in [3.63, 3.8) is 0 Å². The van der Waals surface area contributed by atoms with E-state index in [-0.39, 0.29) is 12.4 Å². The largest absolute Gasteiger partial charge is 0.493 e. The number of hydrogen-bond donors (Lipinski definition) is 0. The van der Waals surface area contributed by atoms with E-state index < -0.39 is 0 Å². The van der Waals surface area contributed by atoms with Crippen molar-refractivity contribution in [3.8, 4) is 23.0 Å². The molecule has 0 unspecified atom stereocenters. The van der Waals surface area contributed by atoms with Crippen LogP contribution >= 0.6 is 0 Å². The van der Waals surface area contributed by atoms with Crippen LogP contribution in [0.3, 0.4) is 0 Å². The standard InChI is InChI=1S/C20H24O5/c1-5-14-6-9-16(10-7-14)25-19(21)11-8-15-12-17(22-2)20(24-4)18(13-15)23-3/h6-7,9-10,12-13H,5,8,11H2,1-4H3. The van der Waals surface area contributed by atoms with Gasteiger partial charge in [0.2, 0.25) is 5.75 Å². The second-order valence-electron chi connectivity index (χ2n) is 5.51. The molecular formula is C20H24O5. The van der Waals surface area contributed by atoms with E-state index in [1.54, 1.807) is 21.3 Å². The van der Waals surface area contributed by atoms with Gasteiger partial charge in [0.15, 0.2) is 11.5 Å². The topological polar surface area (TPSA) is 54.0 Å². The lowest BCUT2D eigenvalue weighted by molar-refractivity contribution is -0.134. The molecule has 0 atom stereocenters. The third-order valence-corrected chi connectivity index (χ3v) is 3.91. The molecule has 0 N–H and O–H groups in total. The first-order chi connectivity index (χ1) is 12.1. The molecule has 0 amide bonds. The maximum absolute atomic E-state index is 12.1. The lowest BCUT2D eigenvalue weighted by Gasteiger charge is -2.14. The maximum Gasteiger partial charge on any atom is 0.311 e. The molecular weight excluding hydrogens is 320 g/mol. The number of hydrogen-bond acceptors (Lipinski definition) is 5. The number of aryl methyl sites for hydroxylation is 2. The summed E-state index contributed by atoms with van der Waals surface area (Å²) in [4.78, 5) is 12.1. The molecule has 2 rings (SSSR count). The van der Waals surface area contributed by atoms with Crippen LogP contribution in [0.1, 0.15) is 24.5 Å². The predicted molar refractivity (Wildman–Crippen MR) is 95.9 cm³/mol. The number of benzene rings is 2. The van der Waals surface area contributed by atoms with Crippen molar-refractivity contribution in [1.29, 1.82) is 0 Å². The molecule has 5 heteroatoms. The lowest BCUT2D eigenvalue weighted by Crippen LogP contribution is -2.09. The number of ether oxygens (including phenoxy) is 4. The smallest absolute Gasteiger partial charge is 0.311 e. The van der Waals surface area contributed by atoms with Crippen molar-refractivity contribution < 1.29 is 23.7 Å². The van der Waals surface area contributed by atoms with E-state index in [2.05, 4.69) is 6.92 Å². The first kappa shape index (κ1) is 18.6. The minimum absolute atomic E-state index is 0.258. The fourth-order valence-corrected chi connectivity index (χ4v) is 2.50. The molecule has 2 aromatic carbocycles. The fourth-order valence-electron chi connectivity index (χ4n) is 2.50. The van der Waals surface area contributed by atoms with Gasteiger partial charge < -0.3 is 18.9 Å². The molecule has 0 bridgehead atoms. The summed E-state index contributed by atoms with van der Waals surface area (Å²) < 4.78 is 21.3. The molecule has 0 aliphatic carbocycles. The normalized spacial score (nSPS) is 10.2. The number of esters is 1. The molecule has 0 aliphatic rings. The number of carbonyl (C=O) groups excluding carboxylic acids is 1. The molecule has 5 nitrogen and oxygen atoms in total. The third kappa shape index (κ3) is 4.89. The van der Waals surface area contributed by atoms with Crippen molar-refractivity contribution in [2.45, 2.75) is 26.2 Å². The molecule has 0 spiro atoms. The Morgan fingerprint density at radius 2 is 1.48 bits per heavy atom. The van der Waals surface area contributed by atoms with Gasteiger partial charge in [-0.1, -0.05) is 19.1 Å². The zero-order valence-corrected chi connectivity index (χ0v) is 15.1. The third-order valence-electron chi connectivity index (χ3n) is 3.91. The molecule has 0 saturated carbocycles. The highest BCUT2D eigenvalue weighted by molar-refractivity contribution is 5.72. The quantitative estimate of drug-likeness (QED) is 0.538. The van der Waals surface area contributed by atoms with E-state index in [9.17, 15) is 4.79 Å². The van der Waals surface area contributed by atoms with E-state index in [1.165, 1.54) is 5.56 Å². The summed E-state index contributed by atoms with van der Waals surface area (Å²) in [7, 11) is 4.69. The van der Waals surface area contributed by atoms with Gasteiger partial charge in [-0.15, -0.1) is 0 Å². The van der Waals surface area contributed by atoms with E-state index in [4.69, 9.17) is 18.9 Å². The zero-order valence-electron chi connectivity index (χ0n) is 15.1. The monoisotopic (exact) mass is 344 g/mol. The average Bonchev–Trinajstić information content (AvgIpc) is 2.65. The fraction of sp³-hybridized carbons (Fsp3) is 0.350. The molecule has 25 heavy (non-hydrogen) atoms. The highest BCUT2D eigenvalue weighted by Crippen LogP contribution is 2.38. The van der Waals surface area contributed by atoms with E-state index in [0.29, 0.717) is 29.4 Å². The molecule has 0 heterocycles. The van der Waals surface area contributed by atoms with Crippen LogP contribution in [0.5, 0.6) is 23.0 Å². The zero-order chi connectivity index (χ0) is 18.2. The van der Waals surface area contributed by atoms with Gasteiger partial charge in [0.25, 0.3) is 0 Å². The Morgan fingerprint density at radius 1 is 0.880 bits per heavy atom. The summed E-state index contributed by atoms with van der Waals surface area (Å²) in [5, 5.41) is 0. The first-order valence-electron chi connectivity index (χ1n) is 8.19. The van der Waals surface area contributed by atoms with Crippen molar-refractivity contribution >= 4 is 5.97 Å². The first-order valence-corrected chi connectivity index (χ1v) is 8.19. The molecule has 0 saturated heterocycles. The average molecular weight is 344 g/mol. The highest BCUT2D eigenvalue weighted by atomic mass is 16.5. The molecule has 134 valence electrons. The van der Waals surface area contributed by atoms with E-state index >= 15 is 0 Å². The Morgan fingerprint density at radius 3 is 1.96 bits per heavy atom. The Bertz CT molecular complexity index is 682. The van der Waals surface area contributed by atoms with Gasteiger partial charge in [0.05, 0.1) is 21.3 Å². The number of methoxy groups -OCH3 is 3. The highest BCUT2D eigenvalue weighted by Gasteiger charge is 2.14. The van der Waals surface area contributed by atoms with Crippen molar-refractivity contribution in [2.24, 2.45) is 0 Å². The maximum atomic E-state index is 12.1. The van der Waals surface area contributed by atoms with Crippen LogP contribution in [0, 0.1) is 0 Å². The Kier molecular flexibility index (Phi) is 6.69. The van der Waals surface area contributed by atoms with Gasteiger partial charge in [-0.3, -0.25) is 4.79 Å². The van der Waals surface area contributed by atoms with Gasteiger partial charge in [0, 0.05) is 6.42 Å². The summed E-state index contributed by atoms with van der Waals surface area (Å²) in [5.41, 5.74) is 2.12. The van der Waals surface area contributed by atoms with Crippen LogP contribution < -0.4 is 18.9 Å². The Balaban J connectivity index is 2.01. The Hall–Kier alpha value is -2.69. The van der Waals surface area contributed by atoms with Crippen molar-refractivity contribution in [2.75, 3.05) is 21.3 Å². The molecule has 0 aromatic heterocycles. The minimum atomic E-state index is -0.280. The summed E-state index contributed by atoms with van der Waals surface area (Å²) >= 11 is 0. The Labute approximate surface area is 148 Å². The van der Waals surface area contributed by atoms with Crippen LogP contribution in [0.4, 0.5) is 0 Å². The van der Waals surface area contributed by atoms with Gasteiger partial charge >= 0.3 is 5.97 Å². The van der Waals surface area contributed by atoms with Gasteiger partial charge in [0.1, 0.15) is 5.75 Å². The molecule has 0 aliphatic heterocycles. The van der Waals surface area contributed by atoms with Crippen molar-refractivity contribution in [3.05, 3.63) is 47.5 Å². The SMILES string of the molecule is CCc1ccc(OC(=O)CCc2cc(OC)c(OC)c(OC)c2)cc1. The molecule has 2 aromatic rings. The number of carbonyl (C=O) groups is 1. The second kappa shape index (κ2) is 8.97. The summed E-state index contributed by atoms with van der Waals surface area (Å²) in [6.45, 7) is 2.08. The predicted octanol–water partition coefficient (Wildman–Crippen LogP) is 3.81. The van der Waals surface area contributed by atoms with E-state index in [1.807, 2.05) is 36.4 Å². The lowest BCUT2D eigenvalue weighted by atomic mass is 10.1. The van der Waals surface area contributed by atoms with Gasteiger partial charge in [-0.05, 0) is 48.2 Å². The van der Waals surface area contributed by atoms with Crippen molar-refractivity contribution in [1.82, 2.24) is 0 Å². The second-order valence-corrected chi connectivity index (χ2v) is 5.51. The van der Waals surface area contributed by atoms with Crippen LogP contribution in [-0.4, -0.2) is 27.3 Å². The minimum Gasteiger partial charge on any atom is -0.493 e. The van der Waals surface area contributed by atoms with Crippen LogP contribution in [0.15, 0.2) is 36.4 Å². The van der Waals surface area contributed by atoms with Gasteiger partial charge in [-0.25, -0.2) is 0 Å². The number of rotatable bonds is 8. The van der Waals surface area contributed by atoms with Crippen LogP contribution in [0.2, 0.25) is 0 Å².